The molecule has 0 aliphatic heterocycles. The van der Waals surface area contributed by atoms with Crippen LogP contribution in [0, 0.1) is 0 Å². The van der Waals surface area contributed by atoms with Gasteiger partial charge in [0.2, 0.25) is 0 Å². The smallest absolute Gasteiger partial charge is 0.342 e. The number of hydrogen-bond donors (Lipinski definition) is 0. The molecule has 0 radical (unpaired) electrons. The molecule has 0 rings (SSSR count). The maximum absolute atomic E-state index is 11.5. The highest BCUT2D eigenvalue weighted by Gasteiger charge is 2.17. The van der Waals surface area contributed by atoms with Crippen LogP contribution in [0.4, 0.5) is 0 Å². The standard InChI is InChI=1S/C10H17NO3/c1-5-6-9(12)8(7-11(2)3)10(13)14-4/h7H,5-6H2,1-4H3. The lowest BCUT2D eigenvalue weighted by Gasteiger charge is -2.08. The highest BCUT2D eigenvalue weighted by Crippen LogP contribution is 2.05. The minimum Gasteiger partial charge on any atom is -0.465 e. The topological polar surface area (TPSA) is 46.6 Å². The summed E-state index contributed by atoms with van der Waals surface area (Å²) in [4.78, 5) is 24.4. The van der Waals surface area contributed by atoms with Crippen LogP contribution in [0.3, 0.4) is 0 Å². The molecule has 80 valence electrons. The Morgan fingerprint density at radius 3 is 2.29 bits per heavy atom. The lowest BCUT2D eigenvalue weighted by Crippen LogP contribution is -2.17. The number of methoxy groups -OCH3 is 1. The highest BCUT2D eigenvalue weighted by molar-refractivity contribution is 6.17. The number of rotatable bonds is 5. The summed E-state index contributed by atoms with van der Waals surface area (Å²) >= 11 is 0. The van der Waals surface area contributed by atoms with Crippen LogP contribution < -0.4 is 0 Å². The molecule has 0 aromatic carbocycles. The number of carbonyl (C=O) groups excluding carboxylic acids is 2. The van der Waals surface area contributed by atoms with Gasteiger partial charge in [-0.3, -0.25) is 4.79 Å². The monoisotopic (exact) mass is 199 g/mol. The minimum absolute atomic E-state index is 0.111. The van der Waals surface area contributed by atoms with Gasteiger partial charge in [0.05, 0.1) is 7.11 Å². The van der Waals surface area contributed by atoms with Crippen molar-refractivity contribution in [1.29, 1.82) is 0 Å². The quantitative estimate of drug-likeness (QED) is 0.286. The van der Waals surface area contributed by atoms with E-state index in [1.165, 1.54) is 13.3 Å². The summed E-state index contributed by atoms with van der Waals surface area (Å²) in [5.74, 6) is -0.745. The molecule has 0 atom stereocenters. The third-order valence-electron chi connectivity index (χ3n) is 1.57. The Morgan fingerprint density at radius 2 is 1.93 bits per heavy atom. The summed E-state index contributed by atoms with van der Waals surface area (Å²) in [6, 6.07) is 0. The first-order valence-corrected chi connectivity index (χ1v) is 4.52. The number of ether oxygens (including phenoxy) is 1. The third-order valence-corrected chi connectivity index (χ3v) is 1.57. The summed E-state index contributed by atoms with van der Waals surface area (Å²) in [6.07, 6.45) is 2.58. The van der Waals surface area contributed by atoms with E-state index in [2.05, 4.69) is 4.74 Å². The van der Waals surface area contributed by atoms with Crippen molar-refractivity contribution in [3.63, 3.8) is 0 Å². The normalized spacial score (nSPS) is 11.0. The van der Waals surface area contributed by atoms with Crippen molar-refractivity contribution in [3.05, 3.63) is 11.8 Å². The summed E-state index contributed by atoms with van der Waals surface area (Å²) in [5.41, 5.74) is 0.111. The average molecular weight is 199 g/mol. The second-order valence-corrected chi connectivity index (χ2v) is 3.17. The van der Waals surface area contributed by atoms with Crippen LogP contribution in [0.15, 0.2) is 11.8 Å². The lowest BCUT2D eigenvalue weighted by atomic mass is 10.1. The summed E-state index contributed by atoms with van der Waals surface area (Å²) in [7, 11) is 4.77. The third kappa shape index (κ3) is 4.07. The molecule has 0 aliphatic rings. The van der Waals surface area contributed by atoms with E-state index < -0.39 is 5.97 Å². The fourth-order valence-corrected chi connectivity index (χ4v) is 0.968. The first-order valence-electron chi connectivity index (χ1n) is 4.52. The molecule has 0 amide bonds. The predicted molar refractivity (Wildman–Crippen MR) is 53.7 cm³/mol. The van der Waals surface area contributed by atoms with Crippen LogP contribution >= 0.6 is 0 Å². The molecule has 4 heteroatoms. The first kappa shape index (κ1) is 12.7. The minimum atomic E-state index is -0.572. The Hall–Kier alpha value is -1.32. The number of carbonyl (C=O) groups is 2. The van der Waals surface area contributed by atoms with E-state index in [0.717, 1.165) is 6.42 Å². The van der Waals surface area contributed by atoms with Gasteiger partial charge in [-0.05, 0) is 6.42 Å². The van der Waals surface area contributed by atoms with E-state index in [9.17, 15) is 9.59 Å². The molecule has 0 bridgehead atoms. The van der Waals surface area contributed by atoms with Gasteiger partial charge in [-0.25, -0.2) is 4.79 Å². The maximum Gasteiger partial charge on any atom is 0.342 e. The van der Waals surface area contributed by atoms with E-state index >= 15 is 0 Å². The zero-order valence-corrected chi connectivity index (χ0v) is 9.16. The Balaban J connectivity index is 4.72. The van der Waals surface area contributed by atoms with Crippen LogP contribution in [0.1, 0.15) is 19.8 Å². The largest absolute Gasteiger partial charge is 0.465 e. The van der Waals surface area contributed by atoms with Crippen molar-refractivity contribution in [2.75, 3.05) is 21.2 Å². The zero-order valence-electron chi connectivity index (χ0n) is 9.16. The fourth-order valence-electron chi connectivity index (χ4n) is 0.968. The van der Waals surface area contributed by atoms with E-state index in [0.29, 0.717) is 6.42 Å². The van der Waals surface area contributed by atoms with E-state index in [-0.39, 0.29) is 11.4 Å². The molecule has 0 aliphatic carbocycles. The Morgan fingerprint density at radius 1 is 1.36 bits per heavy atom. The number of Topliss-reactive ketones (excluding diaryl/α,β-unsaturated/α-hetero) is 1. The molecule has 0 N–H and O–H groups in total. The van der Waals surface area contributed by atoms with Crippen LogP contribution in [0.2, 0.25) is 0 Å². The molecule has 14 heavy (non-hydrogen) atoms. The van der Waals surface area contributed by atoms with Gasteiger partial charge in [0, 0.05) is 26.7 Å². The second-order valence-electron chi connectivity index (χ2n) is 3.17. The predicted octanol–water partition coefficient (Wildman–Crippen LogP) is 0.974. The molecular weight excluding hydrogens is 182 g/mol. The van der Waals surface area contributed by atoms with Crippen molar-refractivity contribution < 1.29 is 14.3 Å². The van der Waals surface area contributed by atoms with Crippen LogP contribution in [0.25, 0.3) is 0 Å². The molecule has 0 spiro atoms. The van der Waals surface area contributed by atoms with Gasteiger partial charge in [0.15, 0.2) is 5.78 Å². The Bertz CT molecular complexity index is 244. The second kappa shape index (κ2) is 6.18. The molecule has 0 aromatic rings. The van der Waals surface area contributed by atoms with Gasteiger partial charge in [0.25, 0.3) is 0 Å². The number of nitrogens with zero attached hydrogens (tertiary/aromatic N) is 1. The van der Waals surface area contributed by atoms with Crippen molar-refractivity contribution >= 4 is 11.8 Å². The van der Waals surface area contributed by atoms with Crippen LogP contribution in [-0.4, -0.2) is 37.9 Å². The van der Waals surface area contributed by atoms with Gasteiger partial charge in [0.1, 0.15) is 5.57 Å². The van der Waals surface area contributed by atoms with Gasteiger partial charge in [-0.15, -0.1) is 0 Å². The van der Waals surface area contributed by atoms with Gasteiger partial charge < -0.3 is 9.64 Å². The first-order chi connectivity index (χ1) is 6.52. The van der Waals surface area contributed by atoms with Crippen LogP contribution in [0.5, 0.6) is 0 Å². The zero-order chi connectivity index (χ0) is 11.1. The fraction of sp³-hybridized carbons (Fsp3) is 0.600. The van der Waals surface area contributed by atoms with Crippen molar-refractivity contribution in [1.82, 2.24) is 4.90 Å². The molecule has 0 saturated heterocycles. The molecule has 4 nitrogen and oxygen atoms in total. The van der Waals surface area contributed by atoms with Gasteiger partial charge in [-0.2, -0.15) is 0 Å². The lowest BCUT2D eigenvalue weighted by molar-refractivity contribution is -0.137. The van der Waals surface area contributed by atoms with E-state index in [4.69, 9.17) is 0 Å². The maximum atomic E-state index is 11.5. The molecule has 0 saturated carbocycles. The summed E-state index contributed by atoms with van der Waals surface area (Å²) in [5, 5.41) is 0. The Labute approximate surface area is 84.5 Å². The Kier molecular flexibility index (Phi) is 5.60. The summed E-state index contributed by atoms with van der Waals surface area (Å²) < 4.78 is 4.53. The van der Waals surface area contributed by atoms with Gasteiger partial charge in [-0.1, -0.05) is 6.92 Å². The number of esters is 1. The molecular formula is C10H17NO3. The molecule has 0 heterocycles. The van der Waals surface area contributed by atoms with Crippen molar-refractivity contribution in [2.24, 2.45) is 0 Å². The number of hydrogen-bond acceptors (Lipinski definition) is 4. The molecule has 0 fully saturated rings. The van der Waals surface area contributed by atoms with Crippen LogP contribution in [-0.2, 0) is 14.3 Å². The highest BCUT2D eigenvalue weighted by atomic mass is 16.5. The summed E-state index contributed by atoms with van der Waals surface area (Å²) in [6.45, 7) is 1.89. The van der Waals surface area contributed by atoms with Gasteiger partial charge >= 0.3 is 5.97 Å². The molecule has 0 unspecified atom stereocenters. The van der Waals surface area contributed by atoms with Crippen molar-refractivity contribution in [3.8, 4) is 0 Å². The number of ketones is 1. The average Bonchev–Trinajstić information content (AvgIpc) is 2.13. The molecule has 0 aromatic heterocycles. The van der Waals surface area contributed by atoms with Crippen molar-refractivity contribution in [2.45, 2.75) is 19.8 Å². The van der Waals surface area contributed by atoms with E-state index in [1.807, 2.05) is 6.92 Å². The van der Waals surface area contributed by atoms with E-state index in [1.54, 1.807) is 19.0 Å². The SMILES string of the molecule is CCCC(=O)C(=CN(C)C)C(=O)OC.